The van der Waals surface area contributed by atoms with E-state index in [1.165, 1.54) is 0 Å². The number of nitrogens with zero attached hydrogens (tertiary/aromatic N) is 1. The Balaban J connectivity index is 2.32. The first-order valence-electron chi connectivity index (χ1n) is 5.02. The summed E-state index contributed by atoms with van der Waals surface area (Å²) >= 11 is 0. The summed E-state index contributed by atoms with van der Waals surface area (Å²) in [4.78, 5) is 7.61. The Morgan fingerprint density at radius 1 is 1.20 bits per heavy atom. The van der Waals surface area contributed by atoms with Crippen LogP contribution in [0.5, 0.6) is 0 Å². The lowest BCUT2D eigenvalue weighted by molar-refractivity contribution is 0.797. The van der Waals surface area contributed by atoms with Crippen LogP contribution in [-0.4, -0.2) is 9.97 Å². The van der Waals surface area contributed by atoms with Crippen LogP contribution in [0.2, 0.25) is 0 Å². The molecule has 0 bridgehead atoms. The second-order valence-electron chi connectivity index (χ2n) is 3.72. The standard InChI is InChI=1S/C12H15N3/c1-8-9(2)15-12(14-8)11(13)10-6-4-3-5-7-10/h3-7,11H,13H2,1-2H3,(H,14,15)/t11-/m0/s1. The zero-order valence-corrected chi connectivity index (χ0v) is 8.99. The molecule has 0 saturated heterocycles. The molecule has 0 radical (unpaired) electrons. The van der Waals surface area contributed by atoms with Gasteiger partial charge < -0.3 is 10.7 Å². The summed E-state index contributed by atoms with van der Waals surface area (Å²) in [7, 11) is 0. The minimum absolute atomic E-state index is 0.168. The first kappa shape index (κ1) is 9.93. The largest absolute Gasteiger partial charge is 0.344 e. The highest BCUT2D eigenvalue weighted by atomic mass is 15.0. The third-order valence-electron chi connectivity index (χ3n) is 2.60. The van der Waals surface area contributed by atoms with E-state index in [4.69, 9.17) is 5.73 Å². The molecule has 0 fully saturated rings. The predicted octanol–water partition coefficient (Wildman–Crippen LogP) is 2.07. The molecule has 1 atom stereocenters. The molecule has 0 unspecified atom stereocenters. The minimum atomic E-state index is -0.168. The lowest BCUT2D eigenvalue weighted by Crippen LogP contribution is -2.13. The molecule has 3 nitrogen and oxygen atoms in total. The van der Waals surface area contributed by atoms with E-state index in [0.29, 0.717) is 0 Å². The third-order valence-corrected chi connectivity index (χ3v) is 2.60. The van der Waals surface area contributed by atoms with Gasteiger partial charge in [-0.25, -0.2) is 4.98 Å². The Labute approximate surface area is 89.4 Å². The number of hydrogen-bond donors (Lipinski definition) is 2. The molecular weight excluding hydrogens is 186 g/mol. The molecule has 1 aromatic carbocycles. The zero-order chi connectivity index (χ0) is 10.8. The normalized spacial score (nSPS) is 12.7. The van der Waals surface area contributed by atoms with E-state index < -0.39 is 0 Å². The van der Waals surface area contributed by atoms with E-state index >= 15 is 0 Å². The van der Waals surface area contributed by atoms with Crippen molar-refractivity contribution in [1.82, 2.24) is 9.97 Å². The summed E-state index contributed by atoms with van der Waals surface area (Å²) in [5.41, 5.74) is 9.27. The van der Waals surface area contributed by atoms with Crippen molar-refractivity contribution in [2.45, 2.75) is 19.9 Å². The van der Waals surface area contributed by atoms with Crippen LogP contribution in [0.1, 0.15) is 28.8 Å². The molecule has 0 spiro atoms. The van der Waals surface area contributed by atoms with Crippen molar-refractivity contribution in [2.24, 2.45) is 5.73 Å². The Hall–Kier alpha value is -1.61. The molecule has 2 rings (SSSR count). The topological polar surface area (TPSA) is 54.7 Å². The fourth-order valence-electron chi connectivity index (χ4n) is 1.54. The van der Waals surface area contributed by atoms with Crippen molar-refractivity contribution in [3.8, 4) is 0 Å². The average Bonchev–Trinajstić information content (AvgIpc) is 2.59. The molecule has 15 heavy (non-hydrogen) atoms. The second kappa shape index (κ2) is 3.87. The second-order valence-corrected chi connectivity index (χ2v) is 3.72. The maximum absolute atomic E-state index is 6.10. The van der Waals surface area contributed by atoms with E-state index in [0.717, 1.165) is 22.8 Å². The summed E-state index contributed by atoms with van der Waals surface area (Å²) < 4.78 is 0. The molecule has 0 saturated carbocycles. The molecule has 0 aliphatic rings. The number of nitrogens with one attached hydrogen (secondary N) is 1. The molecule has 2 aromatic rings. The van der Waals surface area contributed by atoms with Gasteiger partial charge in [0.05, 0.1) is 11.7 Å². The Morgan fingerprint density at radius 2 is 1.87 bits per heavy atom. The number of imidazole rings is 1. The lowest BCUT2D eigenvalue weighted by Gasteiger charge is -2.08. The molecule has 3 heteroatoms. The predicted molar refractivity (Wildman–Crippen MR) is 60.5 cm³/mol. The van der Waals surface area contributed by atoms with Crippen LogP contribution in [0.15, 0.2) is 30.3 Å². The molecule has 1 aromatic heterocycles. The molecular formula is C12H15N3. The summed E-state index contributed by atoms with van der Waals surface area (Å²) in [6, 6.07) is 9.80. The van der Waals surface area contributed by atoms with Gasteiger partial charge in [-0.2, -0.15) is 0 Å². The van der Waals surface area contributed by atoms with Crippen LogP contribution in [0.4, 0.5) is 0 Å². The van der Waals surface area contributed by atoms with Gasteiger partial charge in [-0.3, -0.25) is 0 Å². The van der Waals surface area contributed by atoms with Gasteiger partial charge in [0, 0.05) is 5.69 Å². The van der Waals surface area contributed by atoms with Gasteiger partial charge >= 0.3 is 0 Å². The number of nitrogens with two attached hydrogens (primary N) is 1. The smallest absolute Gasteiger partial charge is 0.128 e. The van der Waals surface area contributed by atoms with Gasteiger partial charge in [0.1, 0.15) is 5.82 Å². The summed E-state index contributed by atoms with van der Waals surface area (Å²) in [5.74, 6) is 0.830. The zero-order valence-electron chi connectivity index (χ0n) is 8.99. The van der Waals surface area contributed by atoms with E-state index in [9.17, 15) is 0 Å². The number of aromatic nitrogens is 2. The molecule has 0 aliphatic carbocycles. The highest BCUT2D eigenvalue weighted by Crippen LogP contribution is 2.17. The van der Waals surface area contributed by atoms with Crippen molar-refractivity contribution in [3.63, 3.8) is 0 Å². The minimum Gasteiger partial charge on any atom is -0.344 e. The van der Waals surface area contributed by atoms with Crippen LogP contribution in [0.25, 0.3) is 0 Å². The molecule has 0 aliphatic heterocycles. The molecule has 3 N–H and O–H groups in total. The SMILES string of the molecule is Cc1nc([C@@H](N)c2ccccc2)[nH]c1C. The van der Waals surface area contributed by atoms with E-state index in [1.807, 2.05) is 44.2 Å². The summed E-state index contributed by atoms with van der Waals surface area (Å²) in [6.07, 6.45) is 0. The molecule has 1 heterocycles. The fraction of sp³-hybridized carbons (Fsp3) is 0.250. The Morgan fingerprint density at radius 3 is 2.40 bits per heavy atom. The van der Waals surface area contributed by atoms with Gasteiger partial charge in [0.25, 0.3) is 0 Å². The Kier molecular flexibility index (Phi) is 2.56. The number of H-pyrrole nitrogens is 1. The average molecular weight is 201 g/mol. The van der Waals surface area contributed by atoms with E-state index in [1.54, 1.807) is 0 Å². The fourth-order valence-corrected chi connectivity index (χ4v) is 1.54. The number of benzene rings is 1. The number of rotatable bonds is 2. The van der Waals surface area contributed by atoms with E-state index in [-0.39, 0.29) is 6.04 Å². The highest BCUT2D eigenvalue weighted by Gasteiger charge is 2.12. The summed E-state index contributed by atoms with van der Waals surface area (Å²) in [6.45, 7) is 3.98. The maximum Gasteiger partial charge on any atom is 0.128 e. The van der Waals surface area contributed by atoms with Gasteiger partial charge in [-0.05, 0) is 19.4 Å². The molecule has 0 amide bonds. The number of aromatic amines is 1. The van der Waals surface area contributed by atoms with Crippen molar-refractivity contribution in [1.29, 1.82) is 0 Å². The van der Waals surface area contributed by atoms with Crippen LogP contribution in [0.3, 0.4) is 0 Å². The highest BCUT2D eigenvalue weighted by molar-refractivity contribution is 5.26. The van der Waals surface area contributed by atoms with Crippen molar-refractivity contribution in [2.75, 3.05) is 0 Å². The maximum atomic E-state index is 6.10. The van der Waals surface area contributed by atoms with Crippen molar-refractivity contribution >= 4 is 0 Å². The first-order valence-corrected chi connectivity index (χ1v) is 5.02. The number of hydrogen-bond acceptors (Lipinski definition) is 2. The summed E-state index contributed by atoms with van der Waals surface area (Å²) in [5, 5.41) is 0. The Bertz CT molecular complexity index is 426. The monoisotopic (exact) mass is 201 g/mol. The van der Waals surface area contributed by atoms with Gasteiger partial charge in [-0.15, -0.1) is 0 Å². The van der Waals surface area contributed by atoms with Gasteiger partial charge in [-0.1, -0.05) is 30.3 Å². The van der Waals surface area contributed by atoms with Crippen LogP contribution < -0.4 is 5.73 Å². The lowest BCUT2D eigenvalue weighted by atomic mass is 10.1. The van der Waals surface area contributed by atoms with Crippen LogP contribution in [0, 0.1) is 13.8 Å². The quantitative estimate of drug-likeness (QED) is 0.781. The number of aryl methyl sites for hydroxylation is 2. The van der Waals surface area contributed by atoms with Crippen molar-refractivity contribution in [3.05, 3.63) is 53.1 Å². The van der Waals surface area contributed by atoms with E-state index in [2.05, 4.69) is 9.97 Å². The van der Waals surface area contributed by atoms with Gasteiger partial charge in [0.15, 0.2) is 0 Å². The first-order chi connectivity index (χ1) is 7.18. The van der Waals surface area contributed by atoms with Crippen LogP contribution in [-0.2, 0) is 0 Å². The molecule has 78 valence electrons. The van der Waals surface area contributed by atoms with Crippen LogP contribution >= 0.6 is 0 Å². The van der Waals surface area contributed by atoms with Gasteiger partial charge in [0.2, 0.25) is 0 Å². The van der Waals surface area contributed by atoms with Crippen molar-refractivity contribution < 1.29 is 0 Å². The third kappa shape index (κ3) is 1.92.